The van der Waals surface area contributed by atoms with Crippen LogP contribution in [-0.4, -0.2) is 12.3 Å². The number of benzene rings is 1. The average Bonchev–Trinajstić information content (AvgIpc) is 2.43. The fourth-order valence-corrected chi connectivity index (χ4v) is 4.87. The molecule has 0 spiro atoms. The van der Waals surface area contributed by atoms with E-state index in [0.29, 0.717) is 0 Å². The van der Waals surface area contributed by atoms with Crippen LogP contribution in [-0.2, 0) is 0 Å². The second kappa shape index (κ2) is 6.28. The molecule has 0 saturated carbocycles. The molecule has 1 heteroatoms. The van der Waals surface area contributed by atoms with E-state index >= 15 is 0 Å². The molecule has 1 heterocycles. The molecule has 0 radical (unpaired) electrons. The molecule has 0 aromatic heterocycles. The van der Waals surface area contributed by atoms with Crippen LogP contribution < -0.4 is 5.30 Å². The quantitative estimate of drug-likeness (QED) is 0.624. The maximum atomic E-state index is 2.34. The van der Waals surface area contributed by atoms with Crippen LogP contribution in [0.25, 0.3) is 0 Å². The fraction of sp³-hybridized carbons (Fsp3) is 0.571. The van der Waals surface area contributed by atoms with E-state index < -0.39 is 0 Å². The van der Waals surface area contributed by atoms with Crippen LogP contribution in [0.2, 0.25) is 0 Å². The van der Waals surface area contributed by atoms with Crippen LogP contribution in [0.1, 0.15) is 38.5 Å². The summed E-state index contributed by atoms with van der Waals surface area (Å²) >= 11 is 0. The molecular formula is C14H21P. The zero-order chi connectivity index (χ0) is 10.3. The summed E-state index contributed by atoms with van der Waals surface area (Å²) in [5.74, 6) is 0. The van der Waals surface area contributed by atoms with Gasteiger partial charge >= 0.3 is 0 Å². The molecule has 0 atom stereocenters. The Balaban J connectivity index is 1.99. The van der Waals surface area contributed by atoms with Crippen molar-refractivity contribution in [2.75, 3.05) is 12.3 Å². The van der Waals surface area contributed by atoms with Crippen LogP contribution in [0.3, 0.4) is 0 Å². The average molecular weight is 220 g/mol. The first-order valence-corrected chi connectivity index (χ1v) is 7.98. The highest BCUT2D eigenvalue weighted by Gasteiger charge is 2.11. The van der Waals surface area contributed by atoms with E-state index in [9.17, 15) is 0 Å². The minimum absolute atomic E-state index is 0.172. The number of hydrogen-bond donors (Lipinski definition) is 0. The van der Waals surface area contributed by atoms with Gasteiger partial charge in [-0.1, -0.05) is 63.9 Å². The molecule has 1 aromatic rings. The molecule has 1 saturated heterocycles. The van der Waals surface area contributed by atoms with Crippen molar-refractivity contribution in [2.24, 2.45) is 0 Å². The lowest BCUT2D eigenvalue weighted by atomic mass is 10.1. The molecule has 82 valence electrons. The van der Waals surface area contributed by atoms with E-state index in [2.05, 4.69) is 30.3 Å². The Morgan fingerprint density at radius 2 is 1.20 bits per heavy atom. The lowest BCUT2D eigenvalue weighted by Crippen LogP contribution is -2.05. The van der Waals surface area contributed by atoms with Gasteiger partial charge < -0.3 is 0 Å². The van der Waals surface area contributed by atoms with Crippen molar-refractivity contribution in [3.8, 4) is 0 Å². The lowest BCUT2D eigenvalue weighted by molar-refractivity contribution is 0.636. The van der Waals surface area contributed by atoms with Crippen molar-refractivity contribution >= 4 is 13.2 Å². The molecule has 15 heavy (non-hydrogen) atoms. The molecule has 1 aromatic carbocycles. The Bertz CT molecular complexity index is 258. The third kappa shape index (κ3) is 3.61. The van der Waals surface area contributed by atoms with E-state index in [1.807, 2.05) is 0 Å². The Hall–Kier alpha value is -0.350. The van der Waals surface area contributed by atoms with Crippen LogP contribution >= 0.6 is 7.92 Å². The third-order valence-electron chi connectivity index (χ3n) is 3.23. The van der Waals surface area contributed by atoms with Gasteiger partial charge in [-0.05, 0) is 30.5 Å². The molecule has 0 bridgehead atoms. The molecule has 0 nitrogen and oxygen atoms in total. The van der Waals surface area contributed by atoms with Gasteiger partial charge in [-0.25, -0.2) is 0 Å². The summed E-state index contributed by atoms with van der Waals surface area (Å²) in [5, 5.41) is 1.63. The summed E-state index contributed by atoms with van der Waals surface area (Å²) in [5.41, 5.74) is 0. The second-order valence-corrected chi connectivity index (χ2v) is 6.93. The summed E-state index contributed by atoms with van der Waals surface area (Å²) in [6.07, 6.45) is 11.7. The van der Waals surface area contributed by atoms with Gasteiger partial charge in [0.1, 0.15) is 0 Å². The summed E-state index contributed by atoms with van der Waals surface area (Å²) in [6.45, 7) is 0. The molecule has 0 unspecified atom stereocenters. The first-order chi connectivity index (χ1) is 7.47. The largest absolute Gasteiger partial charge is 0.0753 e. The number of rotatable bonds is 1. The van der Waals surface area contributed by atoms with Gasteiger partial charge in [-0.3, -0.25) is 0 Å². The van der Waals surface area contributed by atoms with Crippen LogP contribution in [0.4, 0.5) is 0 Å². The van der Waals surface area contributed by atoms with Gasteiger partial charge in [-0.15, -0.1) is 0 Å². The van der Waals surface area contributed by atoms with Crippen LogP contribution in [0, 0.1) is 0 Å². The van der Waals surface area contributed by atoms with Gasteiger partial charge in [0.25, 0.3) is 0 Å². The van der Waals surface area contributed by atoms with Gasteiger partial charge in [-0.2, -0.15) is 0 Å². The normalized spacial score (nSPS) is 20.3. The van der Waals surface area contributed by atoms with Crippen molar-refractivity contribution in [2.45, 2.75) is 38.5 Å². The van der Waals surface area contributed by atoms with E-state index in [0.717, 1.165) is 0 Å². The highest BCUT2D eigenvalue weighted by atomic mass is 31.1. The molecule has 1 aliphatic heterocycles. The SMILES string of the molecule is c1ccc(P2CCCCCCCC2)cc1. The first-order valence-electron chi connectivity index (χ1n) is 6.27. The van der Waals surface area contributed by atoms with Gasteiger partial charge in [0.05, 0.1) is 0 Å². The second-order valence-electron chi connectivity index (χ2n) is 4.44. The molecule has 0 N–H and O–H groups in total. The molecule has 1 fully saturated rings. The predicted molar refractivity (Wildman–Crippen MR) is 70.4 cm³/mol. The smallest absolute Gasteiger partial charge is 0.0240 e. The Morgan fingerprint density at radius 1 is 0.667 bits per heavy atom. The highest BCUT2D eigenvalue weighted by molar-refractivity contribution is 7.65. The van der Waals surface area contributed by atoms with Crippen molar-refractivity contribution in [3.63, 3.8) is 0 Å². The Morgan fingerprint density at radius 3 is 1.80 bits per heavy atom. The molecule has 0 aliphatic carbocycles. The summed E-state index contributed by atoms with van der Waals surface area (Å²) < 4.78 is 0. The summed E-state index contributed by atoms with van der Waals surface area (Å²) in [7, 11) is 0.172. The van der Waals surface area contributed by atoms with E-state index in [4.69, 9.17) is 0 Å². The molecule has 2 rings (SSSR count). The standard InChI is InChI=1S/C14H21P/c1-2-4-9-13-15(12-8-3-1)14-10-6-5-7-11-14/h5-7,10-11H,1-4,8-9,12-13H2. The first kappa shape index (κ1) is 11.1. The van der Waals surface area contributed by atoms with Gasteiger partial charge in [0.2, 0.25) is 0 Å². The van der Waals surface area contributed by atoms with E-state index in [-0.39, 0.29) is 7.92 Å². The van der Waals surface area contributed by atoms with Crippen LogP contribution in [0.15, 0.2) is 30.3 Å². The van der Waals surface area contributed by atoms with Crippen molar-refractivity contribution < 1.29 is 0 Å². The minimum atomic E-state index is 0.172. The van der Waals surface area contributed by atoms with Gasteiger partial charge in [0.15, 0.2) is 0 Å². The molecule has 1 aliphatic rings. The third-order valence-corrected chi connectivity index (χ3v) is 5.97. The predicted octanol–water partition coefficient (Wildman–Crippen LogP) is 4.15. The topological polar surface area (TPSA) is 0 Å². The Kier molecular flexibility index (Phi) is 4.67. The molecule has 0 amide bonds. The van der Waals surface area contributed by atoms with Crippen molar-refractivity contribution in [3.05, 3.63) is 30.3 Å². The maximum Gasteiger partial charge on any atom is -0.0240 e. The van der Waals surface area contributed by atoms with Gasteiger partial charge in [0, 0.05) is 0 Å². The monoisotopic (exact) mass is 220 g/mol. The lowest BCUT2D eigenvalue weighted by Gasteiger charge is -2.16. The Labute approximate surface area is 94.8 Å². The van der Waals surface area contributed by atoms with E-state index in [1.165, 1.54) is 50.8 Å². The fourth-order valence-electron chi connectivity index (χ4n) is 2.32. The molecular weight excluding hydrogens is 199 g/mol. The van der Waals surface area contributed by atoms with Crippen molar-refractivity contribution in [1.82, 2.24) is 0 Å². The summed E-state index contributed by atoms with van der Waals surface area (Å²) in [4.78, 5) is 0. The summed E-state index contributed by atoms with van der Waals surface area (Å²) in [6, 6.07) is 11.2. The number of hydrogen-bond acceptors (Lipinski definition) is 0. The zero-order valence-corrected chi connectivity index (χ0v) is 10.4. The van der Waals surface area contributed by atoms with Crippen molar-refractivity contribution in [1.29, 1.82) is 0 Å². The zero-order valence-electron chi connectivity index (χ0n) is 9.49. The maximum absolute atomic E-state index is 2.34. The highest BCUT2D eigenvalue weighted by Crippen LogP contribution is 2.38. The van der Waals surface area contributed by atoms with E-state index in [1.54, 1.807) is 5.30 Å². The van der Waals surface area contributed by atoms with Crippen LogP contribution in [0.5, 0.6) is 0 Å². The minimum Gasteiger partial charge on any atom is -0.0753 e.